The fraction of sp³-hybridized carbons (Fsp3) is 0.292. The van der Waals surface area contributed by atoms with Crippen LogP contribution in [-0.2, 0) is 12.8 Å². The normalized spacial score (nSPS) is 14.9. The van der Waals surface area contributed by atoms with Crippen molar-refractivity contribution in [3.05, 3.63) is 77.4 Å². The van der Waals surface area contributed by atoms with Crippen molar-refractivity contribution < 1.29 is 9.53 Å². The Balaban J connectivity index is 1.52. The molecule has 0 bridgehead atoms. The summed E-state index contributed by atoms with van der Waals surface area (Å²) in [5, 5.41) is 5.83. The van der Waals surface area contributed by atoms with Crippen LogP contribution >= 0.6 is 0 Å². The minimum Gasteiger partial charge on any atom is -0.490 e. The van der Waals surface area contributed by atoms with Crippen molar-refractivity contribution >= 4 is 16.7 Å². The number of fused-ring (bicyclic) bond motifs is 1. The summed E-state index contributed by atoms with van der Waals surface area (Å²) < 4.78 is 6.07. The zero-order chi connectivity index (χ0) is 19.3. The number of primary amides is 1. The average Bonchev–Trinajstić information content (AvgIpc) is 2.73. The number of ether oxygens (including phenoxy) is 1. The number of benzene rings is 3. The van der Waals surface area contributed by atoms with E-state index in [0.29, 0.717) is 5.56 Å². The molecule has 1 aliphatic rings. The summed E-state index contributed by atoms with van der Waals surface area (Å²) in [5.74, 6) is 0.332. The Hall–Kier alpha value is -2.85. The van der Waals surface area contributed by atoms with Crippen molar-refractivity contribution in [1.82, 2.24) is 5.32 Å². The molecular formula is C24H26N2O2. The van der Waals surface area contributed by atoms with Gasteiger partial charge in [0, 0.05) is 5.56 Å². The van der Waals surface area contributed by atoms with Gasteiger partial charge >= 0.3 is 0 Å². The number of hydrogen-bond donors (Lipinski definition) is 2. The van der Waals surface area contributed by atoms with E-state index in [1.54, 1.807) is 0 Å². The number of nitrogens with two attached hydrogens (primary N) is 1. The van der Waals surface area contributed by atoms with E-state index in [0.717, 1.165) is 50.1 Å². The number of piperidine rings is 1. The second-order valence-corrected chi connectivity index (χ2v) is 7.39. The van der Waals surface area contributed by atoms with Crippen LogP contribution in [0.2, 0.25) is 0 Å². The Morgan fingerprint density at radius 2 is 1.71 bits per heavy atom. The first-order valence-electron chi connectivity index (χ1n) is 9.97. The van der Waals surface area contributed by atoms with Crippen LogP contribution in [0.25, 0.3) is 10.8 Å². The van der Waals surface area contributed by atoms with Crippen LogP contribution in [0, 0.1) is 0 Å². The lowest BCUT2D eigenvalue weighted by atomic mass is 9.96. The smallest absolute Gasteiger partial charge is 0.249 e. The van der Waals surface area contributed by atoms with Crippen LogP contribution < -0.4 is 15.8 Å². The molecule has 3 aromatic carbocycles. The van der Waals surface area contributed by atoms with Gasteiger partial charge in [0.15, 0.2) is 0 Å². The SMILES string of the molecule is NC(=O)c1cc(OC2CCNCC2)ccc1CCc1cccc2ccccc12. The van der Waals surface area contributed by atoms with E-state index in [1.807, 2.05) is 18.2 Å². The first-order chi connectivity index (χ1) is 13.7. The Morgan fingerprint density at radius 3 is 2.54 bits per heavy atom. The second kappa shape index (κ2) is 8.44. The molecule has 3 N–H and O–H groups in total. The second-order valence-electron chi connectivity index (χ2n) is 7.39. The van der Waals surface area contributed by atoms with Crippen molar-refractivity contribution in [1.29, 1.82) is 0 Å². The number of nitrogens with one attached hydrogen (secondary N) is 1. The number of hydrogen-bond acceptors (Lipinski definition) is 3. The van der Waals surface area contributed by atoms with E-state index in [2.05, 4.69) is 47.8 Å². The molecule has 1 saturated heterocycles. The summed E-state index contributed by atoms with van der Waals surface area (Å²) in [6.45, 7) is 1.94. The van der Waals surface area contributed by atoms with Crippen molar-refractivity contribution in [3.8, 4) is 5.75 Å². The van der Waals surface area contributed by atoms with Gasteiger partial charge in [-0.1, -0.05) is 48.5 Å². The highest BCUT2D eigenvalue weighted by Crippen LogP contribution is 2.24. The molecule has 1 aliphatic heterocycles. The molecule has 0 aliphatic carbocycles. The number of rotatable bonds is 6. The third-order valence-corrected chi connectivity index (χ3v) is 5.48. The van der Waals surface area contributed by atoms with Gasteiger partial charge in [-0.15, -0.1) is 0 Å². The third-order valence-electron chi connectivity index (χ3n) is 5.48. The van der Waals surface area contributed by atoms with Gasteiger partial charge in [0.25, 0.3) is 0 Å². The molecule has 1 fully saturated rings. The largest absolute Gasteiger partial charge is 0.490 e. The van der Waals surface area contributed by atoms with Gasteiger partial charge in [-0.25, -0.2) is 0 Å². The first kappa shape index (κ1) is 18.5. The molecular weight excluding hydrogens is 348 g/mol. The predicted octanol–water partition coefficient (Wildman–Crippen LogP) is 3.85. The Labute approximate surface area is 165 Å². The molecule has 3 aromatic rings. The maximum absolute atomic E-state index is 12.0. The van der Waals surface area contributed by atoms with Crippen molar-refractivity contribution in [2.45, 2.75) is 31.8 Å². The molecule has 1 heterocycles. The van der Waals surface area contributed by atoms with E-state index in [9.17, 15) is 4.79 Å². The summed E-state index contributed by atoms with van der Waals surface area (Å²) in [4.78, 5) is 12.0. The summed E-state index contributed by atoms with van der Waals surface area (Å²) in [7, 11) is 0. The van der Waals surface area contributed by atoms with Crippen molar-refractivity contribution in [3.63, 3.8) is 0 Å². The number of carbonyl (C=O) groups excluding carboxylic acids is 1. The van der Waals surface area contributed by atoms with Gasteiger partial charge in [-0.3, -0.25) is 4.79 Å². The van der Waals surface area contributed by atoms with Gasteiger partial charge in [0.2, 0.25) is 5.91 Å². The van der Waals surface area contributed by atoms with Gasteiger partial charge in [0.1, 0.15) is 11.9 Å². The van der Waals surface area contributed by atoms with E-state index >= 15 is 0 Å². The Kier molecular flexibility index (Phi) is 5.58. The van der Waals surface area contributed by atoms with E-state index in [-0.39, 0.29) is 6.10 Å². The van der Waals surface area contributed by atoms with Gasteiger partial charge in [0.05, 0.1) is 0 Å². The van der Waals surface area contributed by atoms with Crippen LogP contribution in [0.5, 0.6) is 5.75 Å². The molecule has 0 unspecified atom stereocenters. The van der Waals surface area contributed by atoms with E-state index in [4.69, 9.17) is 10.5 Å². The third kappa shape index (κ3) is 4.18. The maximum atomic E-state index is 12.0. The maximum Gasteiger partial charge on any atom is 0.249 e. The van der Waals surface area contributed by atoms with Crippen LogP contribution in [0.1, 0.15) is 34.3 Å². The predicted molar refractivity (Wildman–Crippen MR) is 113 cm³/mol. The summed E-state index contributed by atoms with van der Waals surface area (Å²) >= 11 is 0. The molecule has 4 nitrogen and oxygen atoms in total. The number of amides is 1. The lowest BCUT2D eigenvalue weighted by Gasteiger charge is -2.24. The highest BCUT2D eigenvalue weighted by Gasteiger charge is 2.16. The summed E-state index contributed by atoms with van der Waals surface area (Å²) in [6.07, 6.45) is 3.78. The van der Waals surface area contributed by atoms with Gasteiger partial charge in [-0.2, -0.15) is 0 Å². The Bertz CT molecular complexity index is 972. The topological polar surface area (TPSA) is 64.4 Å². The molecule has 28 heavy (non-hydrogen) atoms. The lowest BCUT2D eigenvalue weighted by Crippen LogP contribution is -2.34. The molecule has 1 amide bonds. The molecule has 0 radical (unpaired) electrons. The average molecular weight is 374 g/mol. The highest BCUT2D eigenvalue weighted by atomic mass is 16.5. The van der Waals surface area contributed by atoms with Crippen molar-refractivity contribution in [2.24, 2.45) is 5.73 Å². The zero-order valence-electron chi connectivity index (χ0n) is 16.0. The van der Waals surface area contributed by atoms with Crippen LogP contribution in [0.3, 0.4) is 0 Å². The molecule has 0 spiro atoms. The van der Waals surface area contributed by atoms with Crippen molar-refractivity contribution in [2.75, 3.05) is 13.1 Å². The minimum atomic E-state index is -0.399. The van der Waals surface area contributed by atoms with Gasteiger partial charge < -0.3 is 15.8 Å². The number of carbonyl (C=O) groups is 1. The molecule has 0 saturated carbocycles. The first-order valence-corrected chi connectivity index (χ1v) is 9.97. The van der Waals surface area contributed by atoms with Gasteiger partial charge in [-0.05, 0) is 72.8 Å². The molecule has 0 atom stereocenters. The molecule has 144 valence electrons. The van der Waals surface area contributed by atoms with Crippen LogP contribution in [0.15, 0.2) is 60.7 Å². The molecule has 4 rings (SSSR count). The fourth-order valence-corrected chi connectivity index (χ4v) is 3.96. The quantitative estimate of drug-likeness (QED) is 0.689. The minimum absolute atomic E-state index is 0.198. The van der Waals surface area contributed by atoms with Crippen LogP contribution in [0.4, 0.5) is 0 Å². The highest BCUT2D eigenvalue weighted by molar-refractivity contribution is 5.94. The molecule has 0 aromatic heterocycles. The lowest BCUT2D eigenvalue weighted by molar-refractivity contribution is 0.0998. The fourth-order valence-electron chi connectivity index (χ4n) is 3.96. The summed E-state index contributed by atoms with van der Waals surface area (Å²) in [6, 6.07) is 20.5. The van der Waals surface area contributed by atoms with Crippen LogP contribution in [-0.4, -0.2) is 25.1 Å². The van der Waals surface area contributed by atoms with E-state index in [1.165, 1.54) is 16.3 Å². The number of aryl methyl sites for hydroxylation is 2. The monoisotopic (exact) mass is 374 g/mol. The molecule has 4 heteroatoms. The Morgan fingerprint density at radius 1 is 0.964 bits per heavy atom. The standard InChI is InChI=1S/C24H26N2O2/c25-24(27)23-16-21(28-20-12-14-26-15-13-20)11-10-19(23)9-8-18-6-3-5-17-4-1-2-7-22(17)18/h1-7,10-11,16,20,26H,8-9,12-15H2,(H2,25,27). The zero-order valence-corrected chi connectivity index (χ0v) is 16.0. The summed E-state index contributed by atoms with van der Waals surface area (Å²) in [5.41, 5.74) is 8.48. The van der Waals surface area contributed by atoms with E-state index < -0.39 is 5.91 Å².